The van der Waals surface area contributed by atoms with Crippen molar-refractivity contribution in [3.05, 3.63) is 0 Å². The van der Waals surface area contributed by atoms with Crippen molar-refractivity contribution in [3.63, 3.8) is 0 Å². The van der Waals surface area contributed by atoms with Crippen LogP contribution in [0.4, 0.5) is 0 Å². The first-order valence-corrected chi connectivity index (χ1v) is 4.29. The third kappa shape index (κ3) is 3.26. The van der Waals surface area contributed by atoms with E-state index in [1.54, 1.807) is 13.8 Å². The summed E-state index contributed by atoms with van der Waals surface area (Å²) in [5.41, 5.74) is -1.76. The second-order valence-corrected chi connectivity index (χ2v) is 2.43. The smallest absolute Gasteiger partial charge is 0.401 e. The minimum atomic E-state index is -1.76. The maximum absolute atomic E-state index is 10.6. The lowest BCUT2D eigenvalue weighted by molar-refractivity contribution is -0.296. The molecule has 0 rings (SSSR count). The molecule has 70 valence electrons. The Morgan fingerprint density at radius 2 is 1.83 bits per heavy atom. The zero-order valence-electron chi connectivity index (χ0n) is 6.98. The molecule has 5 nitrogen and oxygen atoms in total. The van der Waals surface area contributed by atoms with Crippen LogP contribution in [0.25, 0.3) is 0 Å². The quantitative estimate of drug-likeness (QED) is 0.345. The summed E-state index contributed by atoms with van der Waals surface area (Å²) in [5, 5.41) is 0. The highest BCUT2D eigenvalue weighted by molar-refractivity contribution is 7.25. The van der Waals surface area contributed by atoms with Gasteiger partial charge in [0.15, 0.2) is 0 Å². The van der Waals surface area contributed by atoms with E-state index in [1.807, 2.05) is 0 Å². The van der Waals surface area contributed by atoms with Gasteiger partial charge < -0.3 is 14.2 Å². The van der Waals surface area contributed by atoms with Crippen molar-refractivity contribution in [1.29, 1.82) is 0 Å². The van der Waals surface area contributed by atoms with Crippen LogP contribution in [-0.2, 0) is 23.6 Å². The molecule has 6 heteroatoms. The number of ether oxygens (including phenoxy) is 3. The van der Waals surface area contributed by atoms with Crippen LogP contribution in [0.2, 0.25) is 0 Å². The van der Waals surface area contributed by atoms with Crippen molar-refractivity contribution in [2.75, 3.05) is 13.2 Å². The van der Waals surface area contributed by atoms with E-state index in [0.717, 1.165) is 0 Å². The van der Waals surface area contributed by atoms with Crippen LogP contribution in [0.5, 0.6) is 0 Å². The van der Waals surface area contributed by atoms with Crippen LogP contribution in [0.15, 0.2) is 0 Å². The summed E-state index contributed by atoms with van der Waals surface area (Å²) < 4.78 is 24.7. The number of hydrogen-bond acceptors (Lipinski definition) is 5. The lowest BCUT2D eigenvalue weighted by Gasteiger charge is -2.22. The molecule has 0 aromatic rings. The molecule has 0 aliphatic carbocycles. The van der Waals surface area contributed by atoms with E-state index in [2.05, 4.69) is 4.74 Å². The maximum atomic E-state index is 10.6. The summed E-state index contributed by atoms with van der Waals surface area (Å²) >= 11 is 0. The largest absolute Gasteiger partial charge is 0.414 e. The Bertz CT molecular complexity index is 143. The predicted octanol–water partition coefficient (Wildman–Crippen LogP) is 1.14. The third-order valence-electron chi connectivity index (χ3n) is 0.962. The van der Waals surface area contributed by atoms with Gasteiger partial charge in [-0.25, -0.2) is 0 Å². The molecule has 0 N–H and O–H groups in total. The second kappa shape index (κ2) is 6.06. The first kappa shape index (κ1) is 11.5. The minimum absolute atomic E-state index is 0.135. The van der Waals surface area contributed by atoms with Gasteiger partial charge in [-0.15, -0.1) is 0 Å². The number of carbonyl (C=O) groups is 1. The van der Waals surface area contributed by atoms with Crippen LogP contribution >= 0.6 is 8.46 Å². The van der Waals surface area contributed by atoms with Crippen LogP contribution in [0.3, 0.4) is 0 Å². The van der Waals surface area contributed by atoms with E-state index in [1.165, 1.54) is 0 Å². The average Bonchev–Trinajstić information content (AvgIpc) is 2.06. The Kier molecular flexibility index (Phi) is 5.80. The molecular weight excluding hydrogens is 183 g/mol. The van der Waals surface area contributed by atoms with Gasteiger partial charge in [0, 0.05) is 0 Å². The van der Waals surface area contributed by atoms with Gasteiger partial charge in [-0.05, 0) is 13.8 Å². The van der Waals surface area contributed by atoms with Gasteiger partial charge in [-0.2, -0.15) is 0 Å². The first-order valence-electron chi connectivity index (χ1n) is 3.48. The van der Waals surface area contributed by atoms with Crippen LogP contribution in [0.1, 0.15) is 13.8 Å². The van der Waals surface area contributed by atoms with Gasteiger partial charge in [-0.3, -0.25) is 9.36 Å². The van der Waals surface area contributed by atoms with Gasteiger partial charge in [0.1, 0.15) is 0 Å². The highest BCUT2D eigenvalue weighted by Gasteiger charge is 2.35. The van der Waals surface area contributed by atoms with E-state index in [-0.39, 0.29) is 19.7 Å². The fraction of sp³-hybridized carbons (Fsp3) is 0.833. The van der Waals surface area contributed by atoms with Crippen molar-refractivity contribution in [2.45, 2.75) is 19.6 Å². The second-order valence-electron chi connectivity index (χ2n) is 1.70. The number of rotatable bonds is 7. The number of carbonyl (C=O) groups excluding carboxylic acids is 1. The highest BCUT2D eigenvalue weighted by Crippen LogP contribution is 2.26. The van der Waals surface area contributed by atoms with Gasteiger partial charge in [-0.1, -0.05) is 0 Å². The molecule has 0 aliphatic rings. The highest BCUT2D eigenvalue weighted by atomic mass is 31.1. The van der Waals surface area contributed by atoms with Gasteiger partial charge in [0.05, 0.1) is 13.2 Å². The van der Waals surface area contributed by atoms with Crippen molar-refractivity contribution in [2.24, 2.45) is 0 Å². The van der Waals surface area contributed by atoms with E-state index in [4.69, 9.17) is 9.47 Å². The molecule has 0 unspecified atom stereocenters. The molecular formula is C6H11O5P. The molecule has 0 heterocycles. The molecule has 0 bridgehead atoms. The van der Waals surface area contributed by atoms with E-state index < -0.39 is 14.2 Å². The Labute approximate surface area is 72.2 Å². The van der Waals surface area contributed by atoms with Gasteiger partial charge in [0.2, 0.25) is 0 Å². The summed E-state index contributed by atoms with van der Waals surface area (Å²) in [6.45, 7) is 3.96. The van der Waals surface area contributed by atoms with Crippen LogP contribution in [0, 0.1) is 0 Å². The maximum Gasteiger partial charge on any atom is 0.414 e. The molecule has 0 amide bonds. The van der Waals surface area contributed by atoms with Crippen molar-refractivity contribution in [1.82, 2.24) is 0 Å². The molecule has 0 radical (unpaired) electrons. The first-order chi connectivity index (χ1) is 5.74. The molecule has 0 aromatic heterocycles. The van der Waals surface area contributed by atoms with Crippen LogP contribution < -0.4 is 0 Å². The molecule has 0 saturated heterocycles. The Morgan fingerprint density at radius 1 is 1.33 bits per heavy atom. The van der Waals surface area contributed by atoms with Crippen LogP contribution in [-0.4, -0.2) is 25.4 Å². The molecule has 0 aromatic carbocycles. The molecule has 12 heavy (non-hydrogen) atoms. The molecule has 0 aliphatic heterocycles. The minimum Gasteiger partial charge on any atom is -0.401 e. The van der Waals surface area contributed by atoms with E-state index in [0.29, 0.717) is 0 Å². The lowest BCUT2D eigenvalue weighted by atomic mass is 10.8. The monoisotopic (exact) mass is 194 g/mol. The van der Waals surface area contributed by atoms with E-state index >= 15 is 0 Å². The topological polar surface area (TPSA) is 61.8 Å². The Morgan fingerprint density at radius 3 is 2.08 bits per heavy atom. The van der Waals surface area contributed by atoms with Gasteiger partial charge >= 0.3 is 5.71 Å². The predicted molar refractivity (Wildman–Crippen MR) is 40.7 cm³/mol. The summed E-state index contributed by atoms with van der Waals surface area (Å²) in [4.78, 5) is 10.0. The molecule has 0 spiro atoms. The summed E-state index contributed by atoms with van der Waals surface area (Å²) in [5.74, 6) is 0. The standard InChI is InChI=1S/C6H11O5P/c1-3-9-6(12-8,10-4-2)11-5-7/h5H,3-4H2,1-2H3. The normalized spacial score (nSPS) is 11.5. The Hall–Kier alpha value is -0.510. The SMILES string of the molecule is CCOC(OC=O)(OCC)P=O. The summed E-state index contributed by atoms with van der Waals surface area (Å²) in [6, 6.07) is 0. The third-order valence-corrected chi connectivity index (χ3v) is 1.55. The summed E-state index contributed by atoms with van der Waals surface area (Å²) in [7, 11) is -0.533. The number of hydrogen-bond donors (Lipinski definition) is 0. The zero-order valence-corrected chi connectivity index (χ0v) is 7.87. The van der Waals surface area contributed by atoms with E-state index in [9.17, 15) is 9.36 Å². The fourth-order valence-corrected chi connectivity index (χ4v) is 1.06. The molecule has 0 fully saturated rings. The zero-order chi connectivity index (χ0) is 9.45. The fourth-order valence-electron chi connectivity index (χ4n) is 0.610. The Balaban J connectivity index is 4.25. The van der Waals surface area contributed by atoms with Crippen molar-refractivity contribution in [3.8, 4) is 0 Å². The van der Waals surface area contributed by atoms with Crippen molar-refractivity contribution < 1.29 is 23.6 Å². The molecule has 0 atom stereocenters. The molecule has 0 saturated carbocycles. The van der Waals surface area contributed by atoms with Gasteiger partial charge in [0.25, 0.3) is 14.9 Å². The lowest BCUT2D eigenvalue weighted by Crippen LogP contribution is -2.32. The van der Waals surface area contributed by atoms with Crippen molar-refractivity contribution >= 4 is 14.9 Å². The summed E-state index contributed by atoms with van der Waals surface area (Å²) in [6.07, 6.45) is 0. The average molecular weight is 194 g/mol.